The summed E-state index contributed by atoms with van der Waals surface area (Å²) in [5, 5.41) is 5.51. The van der Waals surface area contributed by atoms with Crippen LogP contribution in [0.4, 0.5) is 10.2 Å². The van der Waals surface area contributed by atoms with Crippen LogP contribution in [-0.2, 0) is 4.74 Å². The number of nitrogens with zero attached hydrogens (tertiary/aromatic N) is 1. The van der Waals surface area contributed by atoms with E-state index in [0.717, 1.165) is 25.1 Å². The normalized spacial score (nSPS) is 14.1. The Morgan fingerprint density at radius 2 is 2.35 bits per heavy atom. The zero-order chi connectivity index (χ0) is 14.4. The summed E-state index contributed by atoms with van der Waals surface area (Å²) in [5.41, 5.74) is 0.214. The van der Waals surface area contributed by atoms with Crippen LogP contribution in [-0.4, -0.2) is 37.7 Å². The number of pyridine rings is 1. The van der Waals surface area contributed by atoms with Crippen LogP contribution in [0.25, 0.3) is 0 Å². The second-order valence-electron chi connectivity index (χ2n) is 4.93. The summed E-state index contributed by atoms with van der Waals surface area (Å²) in [7, 11) is 1.64. The average molecular weight is 281 g/mol. The maximum atomic E-state index is 13.1. The van der Waals surface area contributed by atoms with Gasteiger partial charge >= 0.3 is 0 Å². The molecule has 110 valence electrons. The van der Waals surface area contributed by atoms with Crippen molar-refractivity contribution in [2.24, 2.45) is 5.92 Å². The Morgan fingerprint density at radius 3 is 3.05 bits per heavy atom. The SMILES string of the molecule is CNc1ncc(F)cc1C(=O)NCCCOCC1CC1. The van der Waals surface area contributed by atoms with Gasteiger partial charge in [-0.1, -0.05) is 0 Å². The molecular formula is C14H20FN3O2. The van der Waals surface area contributed by atoms with E-state index in [2.05, 4.69) is 15.6 Å². The van der Waals surface area contributed by atoms with Gasteiger partial charge < -0.3 is 15.4 Å². The molecule has 0 atom stereocenters. The van der Waals surface area contributed by atoms with E-state index in [1.54, 1.807) is 7.05 Å². The number of halogens is 1. The van der Waals surface area contributed by atoms with Gasteiger partial charge in [-0.15, -0.1) is 0 Å². The molecule has 2 N–H and O–H groups in total. The van der Waals surface area contributed by atoms with Crippen molar-refractivity contribution in [3.8, 4) is 0 Å². The lowest BCUT2D eigenvalue weighted by Crippen LogP contribution is -2.26. The van der Waals surface area contributed by atoms with Gasteiger partial charge in [0.1, 0.15) is 11.6 Å². The Labute approximate surface area is 117 Å². The largest absolute Gasteiger partial charge is 0.381 e. The molecule has 6 heteroatoms. The van der Waals surface area contributed by atoms with Crippen LogP contribution in [0.5, 0.6) is 0 Å². The fourth-order valence-electron chi connectivity index (χ4n) is 1.82. The van der Waals surface area contributed by atoms with Crippen molar-refractivity contribution in [2.75, 3.05) is 32.1 Å². The molecule has 0 aliphatic heterocycles. The minimum absolute atomic E-state index is 0.214. The van der Waals surface area contributed by atoms with Crippen LogP contribution in [0.1, 0.15) is 29.6 Å². The van der Waals surface area contributed by atoms with Crippen molar-refractivity contribution in [3.63, 3.8) is 0 Å². The minimum atomic E-state index is -0.526. The fraction of sp³-hybridized carbons (Fsp3) is 0.571. The van der Waals surface area contributed by atoms with Gasteiger partial charge in [-0.05, 0) is 31.2 Å². The maximum absolute atomic E-state index is 13.1. The molecule has 1 saturated carbocycles. The Morgan fingerprint density at radius 1 is 1.55 bits per heavy atom. The van der Waals surface area contributed by atoms with Crippen molar-refractivity contribution in [3.05, 3.63) is 23.6 Å². The van der Waals surface area contributed by atoms with Crippen molar-refractivity contribution in [2.45, 2.75) is 19.3 Å². The van der Waals surface area contributed by atoms with Crippen molar-refractivity contribution in [1.82, 2.24) is 10.3 Å². The number of nitrogens with one attached hydrogen (secondary N) is 2. The molecule has 1 heterocycles. The van der Waals surface area contributed by atoms with Crippen LogP contribution in [0.3, 0.4) is 0 Å². The van der Waals surface area contributed by atoms with E-state index in [-0.39, 0.29) is 11.5 Å². The Hall–Kier alpha value is -1.69. The lowest BCUT2D eigenvalue weighted by molar-refractivity contribution is 0.0937. The van der Waals surface area contributed by atoms with E-state index in [9.17, 15) is 9.18 Å². The Bertz CT molecular complexity index is 464. The quantitative estimate of drug-likeness (QED) is 0.713. The molecular weight excluding hydrogens is 261 g/mol. The van der Waals surface area contributed by atoms with Gasteiger partial charge in [0, 0.05) is 26.8 Å². The molecule has 1 fully saturated rings. The molecule has 1 aromatic heterocycles. The second-order valence-corrected chi connectivity index (χ2v) is 4.93. The standard InChI is InChI=1S/C14H20FN3O2/c1-16-13-12(7-11(15)8-18-13)14(19)17-5-2-6-20-9-10-3-4-10/h7-8,10H,2-6,9H2,1H3,(H,16,18)(H,17,19). The number of carbonyl (C=O) groups excluding carboxylic acids is 1. The second kappa shape index (κ2) is 7.19. The topological polar surface area (TPSA) is 63.2 Å². The summed E-state index contributed by atoms with van der Waals surface area (Å²) in [4.78, 5) is 15.8. The average Bonchev–Trinajstić information content (AvgIpc) is 3.26. The third-order valence-corrected chi connectivity index (χ3v) is 3.14. The molecule has 0 bridgehead atoms. The first kappa shape index (κ1) is 14.7. The fourth-order valence-corrected chi connectivity index (χ4v) is 1.82. The number of hydrogen-bond donors (Lipinski definition) is 2. The zero-order valence-electron chi connectivity index (χ0n) is 11.6. The lowest BCUT2D eigenvalue weighted by atomic mass is 10.2. The van der Waals surface area contributed by atoms with Gasteiger partial charge in [-0.3, -0.25) is 4.79 Å². The molecule has 5 nitrogen and oxygen atoms in total. The number of anilines is 1. The highest BCUT2D eigenvalue weighted by molar-refractivity contribution is 5.98. The van der Waals surface area contributed by atoms with E-state index in [4.69, 9.17) is 4.74 Å². The van der Waals surface area contributed by atoms with E-state index < -0.39 is 5.82 Å². The lowest BCUT2D eigenvalue weighted by Gasteiger charge is -2.09. The van der Waals surface area contributed by atoms with E-state index in [1.807, 2.05) is 0 Å². The first-order valence-electron chi connectivity index (χ1n) is 6.90. The van der Waals surface area contributed by atoms with Gasteiger partial charge in [0.15, 0.2) is 0 Å². The summed E-state index contributed by atoms with van der Waals surface area (Å²) in [6, 6.07) is 1.18. The highest BCUT2D eigenvalue weighted by Crippen LogP contribution is 2.28. The molecule has 20 heavy (non-hydrogen) atoms. The summed E-state index contributed by atoms with van der Waals surface area (Å²) in [6.45, 7) is 1.96. The van der Waals surface area contributed by atoms with E-state index >= 15 is 0 Å². The van der Waals surface area contributed by atoms with Crippen molar-refractivity contribution in [1.29, 1.82) is 0 Å². The monoisotopic (exact) mass is 281 g/mol. The molecule has 0 unspecified atom stereocenters. The Kier molecular flexibility index (Phi) is 5.29. The third-order valence-electron chi connectivity index (χ3n) is 3.14. The smallest absolute Gasteiger partial charge is 0.255 e. The molecule has 2 rings (SSSR count). The summed E-state index contributed by atoms with van der Waals surface area (Å²) in [5.74, 6) is 0.264. The number of aromatic nitrogens is 1. The van der Waals surface area contributed by atoms with Crippen LogP contribution in [0.2, 0.25) is 0 Å². The van der Waals surface area contributed by atoms with Crippen molar-refractivity contribution >= 4 is 11.7 Å². The third kappa shape index (κ3) is 4.45. The molecule has 0 saturated heterocycles. The van der Waals surface area contributed by atoms with Crippen LogP contribution in [0, 0.1) is 11.7 Å². The first-order chi connectivity index (χ1) is 9.70. The van der Waals surface area contributed by atoms with Gasteiger partial charge in [0.05, 0.1) is 11.8 Å². The van der Waals surface area contributed by atoms with E-state index in [0.29, 0.717) is 19.0 Å². The van der Waals surface area contributed by atoms with Crippen LogP contribution >= 0.6 is 0 Å². The van der Waals surface area contributed by atoms with Crippen LogP contribution in [0.15, 0.2) is 12.3 Å². The molecule has 1 aliphatic carbocycles. The van der Waals surface area contributed by atoms with Crippen LogP contribution < -0.4 is 10.6 Å². The van der Waals surface area contributed by atoms with E-state index in [1.165, 1.54) is 18.9 Å². The molecule has 1 aliphatic rings. The van der Waals surface area contributed by atoms with Gasteiger partial charge in [-0.25, -0.2) is 9.37 Å². The van der Waals surface area contributed by atoms with Crippen molar-refractivity contribution < 1.29 is 13.9 Å². The highest BCUT2D eigenvalue weighted by Gasteiger charge is 2.20. The maximum Gasteiger partial charge on any atom is 0.255 e. The summed E-state index contributed by atoms with van der Waals surface area (Å²) in [6.07, 6.45) is 4.37. The number of amides is 1. The Balaban J connectivity index is 1.71. The first-order valence-corrected chi connectivity index (χ1v) is 6.90. The molecule has 0 aromatic carbocycles. The number of hydrogen-bond acceptors (Lipinski definition) is 4. The predicted molar refractivity (Wildman–Crippen MR) is 74.2 cm³/mol. The number of carbonyl (C=O) groups is 1. The molecule has 1 amide bonds. The summed E-state index contributed by atoms with van der Waals surface area (Å²) >= 11 is 0. The summed E-state index contributed by atoms with van der Waals surface area (Å²) < 4.78 is 18.6. The number of rotatable bonds is 8. The van der Waals surface area contributed by atoms with Gasteiger partial charge in [0.25, 0.3) is 5.91 Å². The predicted octanol–water partition coefficient (Wildman–Crippen LogP) is 1.81. The van der Waals surface area contributed by atoms with Gasteiger partial charge in [0.2, 0.25) is 0 Å². The molecule has 0 radical (unpaired) electrons. The zero-order valence-corrected chi connectivity index (χ0v) is 11.6. The van der Waals surface area contributed by atoms with Gasteiger partial charge in [-0.2, -0.15) is 0 Å². The number of ether oxygens (including phenoxy) is 1. The highest BCUT2D eigenvalue weighted by atomic mass is 19.1. The minimum Gasteiger partial charge on any atom is -0.381 e. The molecule has 1 aromatic rings. The molecule has 0 spiro atoms.